The van der Waals surface area contributed by atoms with Gasteiger partial charge >= 0.3 is 5.97 Å². The summed E-state index contributed by atoms with van der Waals surface area (Å²) in [7, 11) is 1.73. The van der Waals surface area contributed by atoms with Gasteiger partial charge in [-0.05, 0) is 38.0 Å². The highest BCUT2D eigenvalue weighted by molar-refractivity contribution is 14.0. The Balaban J connectivity index is 0.00000363. The second kappa shape index (κ2) is 12.5. The molecule has 8 nitrogen and oxygen atoms in total. The molecule has 3 aromatic rings. The SMILES string of the molecule is CCOC(=O)c1sc(C(C)NC(=NC)NCc2ccccc2Cn2cccn2)nc1C.I. The first-order valence-electron chi connectivity index (χ1n) is 10.2. The number of halogens is 1. The molecule has 0 aliphatic carbocycles. The van der Waals surface area contributed by atoms with Crippen LogP contribution in [0.2, 0.25) is 0 Å². The van der Waals surface area contributed by atoms with Gasteiger partial charge in [-0.25, -0.2) is 9.78 Å². The number of rotatable bonds is 8. The molecule has 0 amide bonds. The summed E-state index contributed by atoms with van der Waals surface area (Å²) >= 11 is 1.35. The lowest BCUT2D eigenvalue weighted by atomic mass is 10.1. The summed E-state index contributed by atoms with van der Waals surface area (Å²) in [6, 6.07) is 10.1. The maximum atomic E-state index is 12.1. The largest absolute Gasteiger partial charge is 0.462 e. The zero-order valence-corrected chi connectivity index (χ0v) is 21.8. The van der Waals surface area contributed by atoms with Gasteiger partial charge in [0.05, 0.1) is 24.9 Å². The minimum atomic E-state index is -0.327. The number of thiazole rings is 1. The fourth-order valence-corrected chi connectivity index (χ4v) is 4.04. The van der Waals surface area contributed by atoms with Crippen molar-refractivity contribution in [3.8, 4) is 0 Å². The predicted molar refractivity (Wildman–Crippen MR) is 138 cm³/mol. The number of carbonyl (C=O) groups is 1. The van der Waals surface area contributed by atoms with Crippen LogP contribution in [0.15, 0.2) is 47.7 Å². The van der Waals surface area contributed by atoms with Gasteiger partial charge in [-0.15, -0.1) is 35.3 Å². The normalized spacial score (nSPS) is 12.1. The minimum absolute atomic E-state index is 0. The van der Waals surface area contributed by atoms with Gasteiger partial charge in [0.2, 0.25) is 0 Å². The van der Waals surface area contributed by atoms with E-state index in [0.29, 0.717) is 36.2 Å². The average Bonchev–Trinajstić information content (AvgIpc) is 3.41. The van der Waals surface area contributed by atoms with Gasteiger partial charge in [-0.2, -0.15) is 5.10 Å². The molecule has 0 aliphatic heterocycles. The van der Waals surface area contributed by atoms with Crippen LogP contribution >= 0.6 is 35.3 Å². The van der Waals surface area contributed by atoms with Crippen molar-refractivity contribution >= 4 is 47.2 Å². The average molecular weight is 568 g/mol. The van der Waals surface area contributed by atoms with Crippen LogP contribution in [0.4, 0.5) is 0 Å². The molecule has 0 fully saturated rings. The number of hydrogen-bond donors (Lipinski definition) is 2. The predicted octanol–water partition coefficient (Wildman–Crippen LogP) is 3.92. The Morgan fingerprint density at radius 1 is 1.28 bits per heavy atom. The smallest absolute Gasteiger partial charge is 0.350 e. The first-order valence-corrected chi connectivity index (χ1v) is 11.0. The van der Waals surface area contributed by atoms with Crippen molar-refractivity contribution in [2.75, 3.05) is 13.7 Å². The van der Waals surface area contributed by atoms with E-state index in [4.69, 9.17) is 4.74 Å². The van der Waals surface area contributed by atoms with Gasteiger partial charge in [0, 0.05) is 26.0 Å². The zero-order chi connectivity index (χ0) is 22.2. The molecule has 0 saturated carbocycles. The second-order valence-corrected chi connectivity index (χ2v) is 7.98. The number of guanidine groups is 1. The Morgan fingerprint density at radius 3 is 2.69 bits per heavy atom. The zero-order valence-electron chi connectivity index (χ0n) is 18.7. The van der Waals surface area contributed by atoms with Crippen LogP contribution in [0, 0.1) is 6.92 Å². The molecule has 0 radical (unpaired) electrons. The molecule has 0 bridgehead atoms. The van der Waals surface area contributed by atoms with Crippen LogP contribution in [-0.2, 0) is 17.8 Å². The highest BCUT2D eigenvalue weighted by Crippen LogP contribution is 2.24. The van der Waals surface area contributed by atoms with Crippen molar-refractivity contribution in [1.82, 2.24) is 25.4 Å². The molecule has 3 rings (SSSR count). The monoisotopic (exact) mass is 568 g/mol. The Kier molecular flexibility index (Phi) is 10.1. The molecular formula is C22H29IN6O2S. The van der Waals surface area contributed by atoms with E-state index in [1.165, 1.54) is 22.5 Å². The van der Waals surface area contributed by atoms with E-state index in [9.17, 15) is 4.79 Å². The number of esters is 1. The first-order chi connectivity index (χ1) is 15.0. The van der Waals surface area contributed by atoms with E-state index in [1.54, 1.807) is 20.2 Å². The number of nitrogens with zero attached hydrogens (tertiary/aromatic N) is 4. The van der Waals surface area contributed by atoms with Crippen molar-refractivity contribution in [2.45, 2.75) is 39.9 Å². The Bertz CT molecular complexity index is 1030. The first kappa shape index (κ1) is 25.8. The van der Waals surface area contributed by atoms with Crippen LogP contribution in [0.3, 0.4) is 0 Å². The Hall–Kier alpha value is -2.47. The summed E-state index contributed by atoms with van der Waals surface area (Å²) in [5, 5.41) is 11.8. The highest BCUT2D eigenvalue weighted by Gasteiger charge is 2.20. The molecule has 32 heavy (non-hydrogen) atoms. The van der Waals surface area contributed by atoms with Crippen LogP contribution < -0.4 is 10.6 Å². The molecule has 0 aliphatic rings. The molecule has 2 heterocycles. The number of aromatic nitrogens is 3. The van der Waals surface area contributed by atoms with Crippen molar-refractivity contribution in [3.05, 3.63) is 69.4 Å². The number of aryl methyl sites for hydroxylation is 1. The third-order valence-corrected chi connectivity index (χ3v) is 6.00. The van der Waals surface area contributed by atoms with Crippen LogP contribution in [-0.4, -0.2) is 40.3 Å². The fraction of sp³-hybridized carbons (Fsp3) is 0.364. The fourth-order valence-electron chi connectivity index (χ4n) is 3.08. The van der Waals surface area contributed by atoms with Crippen LogP contribution in [0.1, 0.15) is 51.4 Å². The molecule has 2 aromatic heterocycles. The summed E-state index contributed by atoms with van der Waals surface area (Å²) in [5.41, 5.74) is 3.04. The summed E-state index contributed by atoms with van der Waals surface area (Å²) in [4.78, 5) is 21.5. The third-order valence-electron chi connectivity index (χ3n) is 4.68. The standard InChI is InChI=1S/C22H28N6O2S.HI/c1-5-30-21(29)19-15(2)26-20(31-19)16(3)27-22(23-4)24-13-17-9-6-7-10-18(17)14-28-12-8-11-25-28;/h6-12,16H,5,13-14H2,1-4H3,(H2,23,24,27);1H. The quantitative estimate of drug-likeness (QED) is 0.185. The molecule has 1 atom stereocenters. The lowest BCUT2D eigenvalue weighted by molar-refractivity contribution is 0.0531. The highest BCUT2D eigenvalue weighted by atomic mass is 127. The summed E-state index contributed by atoms with van der Waals surface area (Å²) in [5.74, 6) is 0.333. The van der Waals surface area contributed by atoms with Crippen LogP contribution in [0.25, 0.3) is 0 Å². The number of hydrogen-bond acceptors (Lipinski definition) is 6. The van der Waals surface area contributed by atoms with E-state index in [2.05, 4.69) is 37.8 Å². The number of aliphatic imine (C=N–C) groups is 1. The summed E-state index contributed by atoms with van der Waals surface area (Å²) < 4.78 is 7.01. The van der Waals surface area contributed by atoms with E-state index in [-0.39, 0.29) is 36.0 Å². The maximum absolute atomic E-state index is 12.1. The topological polar surface area (TPSA) is 93.4 Å². The molecule has 172 valence electrons. The Morgan fingerprint density at radius 2 is 2.03 bits per heavy atom. The van der Waals surface area contributed by atoms with Crippen molar-refractivity contribution < 1.29 is 9.53 Å². The van der Waals surface area contributed by atoms with Gasteiger partial charge in [-0.1, -0.05) is 24.3 Å². The molecule has 0 saturated heterocycles. The van der Waals surface area contributed by atoms with Crippen molar-refractivity contribution in [1.29, 1.82) is 0 Å². The van der Waals surface area contributed by atoms with E-state index in [1.807, 2.05) is 42.9 Å². The van der Waals surface area contributed by atoms with E-state index >= 15 is 0 Å². The van der Waals surface area contributed by atoms with Gasteiger partial charge in [-0.3, -0.25) is 9.67 Å². The van der Waals surface area contributed by atoms with Gasteiger partial charge in [0.1, 0.15) is 9.88 Å². The molecule has 1 unspecified atom stereocenters. The number of carbonyl (C=O) groups excluding carboxylic acids is 1. The second-order valence-electron chi connectivity index (χ2n) is 6.95. The van der Waals surface area contributed by atoms with Gasteiger partial charge in [0.15, 0.2) is 5.96 Å². The molecule has 10 heteroatoms. The third kappa shape index (κ3) is 6.76. The van der Waals surface area contributed by atoms with Crippen LogP contribution in [0.5, 0.6) is 0 Å². The summed E-state index contributed by atoms with van der Waals surface area (Å²) in [6.07, 6.45) is 3.73. The number of ether oxygens (including phenoxy) is 1. The summed E-state index contributed by atoms with van der Waals surface area (Å²) in [6.45, 7) is 7.28. The maximum Gasteiger partial charge on any atom is 0.350 e. The Labute approximate surface area is 209 Å². The lowest BCUT2D eigenvalue weighted by Crippen LogP contribution is -2.38. The van der Waals surface area contributed by atoms with Gasteiger partial charge in [0.25, 0.3) is 0 Å². The molecule has 1 aromatic carbocycles. The van der Waals surface area contributed by atoms with Crippen molar-refractivity contribution in [2.24, 2.45) is 4.99 Å². The molecule has 0 spiro atoms. The van der Waals surface area contributed by atoms with E-state index in [0.717, 1.165) is 5.01 Å². The number of benzene rings is 1. The molecule has 2 N–H and O–H groups in total. The lowest BCUT2D eigenvalue weighted by Gasteiger charge is -2.17. The molecular weight excluding hydrogens is 539 g/mol. The minimum Gasteiger partial charge on any atom is -0.462 e. The van der Waals surface area contributed by atoms with E-state index < -0.39 is 0 Å². The number of nitrogens with one attached hydrogen (secondary N) is 2. The van der Waals surface area contributed by atoms with Gasteiger partial charge < -0.3 is 15.4 Å². The van der Waals surface area contributed by atoms with Crippen molar-refractivity contribution in [3.63, 3.8) is 0 Å².